The van der Waals surface area contributed by atoms with E-state index < -0.39 is 23.9 Å². The molecule has 3 aromatic rings. The van der Waals surface area contributed by atoms with Crippen LogP contribution in [-0.4, -0.2) is 46.0 Å². The van der Waals surface area contributed by atoms with Gasteiger partial charge in [0.05, 0.1) is 17.7 Å². The zero-order chi connectivity index (χ0) is 20.5. The number of rotatable bonds is 5. The van der Waals surface area contributed by atoms with Gasteiger partial charge in [-0.3, -0.25) is 14.5 Å². The summed E-state index contributed by atoms with van der Waals surface area (Å²) in [6.45, 7) is -0.315. The lowest BCUT2D eigenvalue weighted by Crippen LogP contribution is -2.34. The molecule has 1 atom stereocenters. The van der Waals surface area contributed by atoms with Gasteiger partial charge in [0.1, 0.15) is 12.4 Å². The average Bonchev–Trinajstić information content (AvgIpc) is 2.97. The number of aliphatic hydroxyl groups excluding tert-OH is 1. The maximum atomic E-state index is 12.3. The highest BCUT2D eigenvalue weighted by atomic mass is 16.5. The standard InChI is InChI=1S/C22H17NO6/c24-16-8-7-13-11-15(6-5-14(13)12-16)19(25)22(28)29-10-9-23-20(26)17-3-1-2-4-18(17)21(23)27/h1-8,11-12,19,24-25H,9-10H2. The summed E-state index contributed by atoms with van der Waals surface area (Å²) < 4.78 is 5.07. The molecule has 0 aliphatic carbocycles. The van der Waals surface area contributed by atoms with Crippen molar-refractivity contribution in [1.29, 1.82) is 0 Å². The molecule has 0 fully saturated rings. The number of aromatic hydroxyl groups is 1. The second-order valence-corrected chi connectivity index (χ2v) is 6.67. The Bertz CT molecular complexity index is 1100. The highest BCUT2D eigenvalue weighted by molar-refractivity contribution is 6.21. The molecular formula is C22H17NO6. The summed E-state index contributed by atoms with van der Waals surface area (Å²) in [5, 5.41) is 21.3. The Balaban J connectivity index is 1.38. The molecule has 7 heteroatoms. The number of phenolic OH excluding ortho intramolecular Hbond substituents is 1. The number of ether oxygens (including phenoxy) is 1. The number of aliphatic hydroxyl groups is 1. The molecule has 0 bridgehead atoms. The van der Waals surface area contributed by atoms with E-state index in [0.29, 0.717) is 16.7 Å². The monoisotopic (exact) mass is 391 g/mol. The maximum Gasteiger partial charge on any atom is 0.339 e. The van der Waals surface area contributed by atoms with Gasteiger partial charge in [0.15, 0.2) is 6.10 Å². The summed E-state index contributed by atoms with van der Waals surface area (Å²) in [5.41, 5.74) is 0.992. The first-order valence-corrected chi connectivity index (χ1v) is 8.98. The lowest BCUT2D eigenvalue weighted by atomic mass is 10.0. The molecule has 2 N–H and O–H groups in total. The van der Waals surface area contributed by atoms with E-state index in [4.69, 9.17) is 4.74 Å². The van der Waals surface area contributed by atoms with E-state index in [-0.39, 0.29) is 18.9 Å². The number of imide groups is 1. The van der Waals surface area contributed by atoms with Crippen molar-refractivity contribution in [3.63, 3.8) is 0 Å². The minimum atomic E-state index is -1.50. The third-order valence-corrected chi connectivity index (χ3v) is 4.82. The first-order chi connectivity index (χ1) is 14.0. The van der Waals surface area contributed by atoms with E-state index >= 15 is 0 Å². The largest absolute Gasteiger partial charge is 0.508 e. The van der Waals surface area contributed by atoms with Crippen molar-refractivity contribution in [3.05, 3.63) is 77.4 Å². The highest BCUT2D eigenvalue weighted by Gasteiger charge is 2.35. The fourth-order valence-electron chi connectivity index (χ4n) is 3.32. The lowest BCUT2D eigenvalue weighted by molar-refractivity contribution is -0.154. The van der Waals surface area contributed by atoms with Gasteiger partial charge in [-0.05, 0) is 46.7 Å². The van der Waals surface area contributed by atoms with Gasteiger partial charge in [0.25, 0.3) is 11.8 Å². The fourth-order valence-corrected chi connectivity index (χ4v) is 3.32. The second kappa shape index (κ2) is 7.37. The number of carbonyl (C=O) groups excluding carboxylic acids is 3. The fraction of sp³-hybridized carbons (Fsp3) is 0.136. The SMILES string of the molecule is O=C(OCCN1C(=O)c2ccccc2C1=O)C(O)c1ccc2cc(O)ccc2c1. The van der Waals surface area contributed by atoms with Crippen molar-refractivity contribution in [2.75, 3.05) is 13.2 Å². The molecule has 0 saturated heterocycles. The highest BCUT2D eigenvalue weighted by Crippen LogP contribution is 2.25. The predicted octanol–water partition coefficient (Wildman–Crippen LogP) is 2.42. The number of esters is 1. The molecule has 0 saturated carbocycles. The van der Waals surface area contributed by atoms with E-state index in [2.05, 4.69) is 0 Å². The van der Waals surface area contributed by atoms with Gasteiger partial charge in [-0.1, -0.05) is 30.3 Å². The molecule has 4 rings (SSSR count). The number of amides is 2. The number of phenols is 1. The van der Waals surface area contributed by atoms with Gasteiger partial charge in [-0.2, -0.15) is 0 Å². The quantitative estimate of drug-likeness (QED) is 0.511. The van der Waals surface area contributed by atoms with Crippen LogP contribution >= 0.6 is 0 Å². The van der Waals surface area contributed by atoms with Crippen LogP contribution < -0.4 is 0 Å². The molecule has 1 aliphatic heterocycles. The third kappa shape index (κ3) is 3.43. The Morgan fingerprint density at radius 3 is 2.24 bits per heavy atom. The van der Waals surface area contributed by atoms with E-state index in [1.165, 1.54) is 6.07 Å². The van der Waals surface area contributed by atoms with Crippen LogP contribution in [0.2, 0.25) is 0 Å². The predicted molar refractivity (Wildman–Crippen MR) is 103 cm³/mol. The van der Waals surface area contributed by atoms with Gasteiger partial charge in [-0.15, -0.1) is 0 Å². The van der Waals surface area contributed by atoms with E-state index in [1.54, 1.807) is 54.6 Å². The van der Waals surface area contributed by atoms with E-state index in [9.17, 15) is 24.6 Å². The number of fused-ring (bicyclic) bond motifs is 2. The van der Waals surface area contributed by atoms with Gasteiger partial charge >= 0.3 is 5.97 Å². The summed E-state index contributed by atoms with van der Waals surface area (Å²) in [4.78, 5) is 37.8. The molecule has 0 radical (unpaired) electrons. The summed E-state index contributed by atoms with van der Waals surface area (Å²) >= 11 is 0. The summed E-state index contributed by atoms with van der Waals surface area (Å²) in [6.07, 6.45) is -1.50. The van der Waals surface area contributed by atoms with Crippen molar-refractivity contribution in [2.45, 2.75) is 6.10 Å². The minimum Gasteiger partial charge on any atom is -0.508 e. The van der Waals surface area contributed by atoms with Crippen LogP contribution in [0.25, 0.3) is 10.8 Å². The van der Waals surface area contributed by atoms with Crippen LogP contribution in [-0.2, 0) is 9.53 Å². The molecule has 1 aliphatic rings. The Labute approximate surface area is 165 Å². The van der Waals surface area contributed by atoms with Crippen molar-refractivity contribution in [2.24, 2.45) is 0 Å². The topological polar surface area (TPSA) is 104 Å². The van der Waals surface area contributed by atoms with Crippen LogP contribution in [0.15, 0.2) is 60.7 Å². The lowest BCUT2D eigenvalue weighted by Gasteiger charge is -2.15. The van der Waals surface area contributed by atoms with Crippen molar-refractivity contribution < 1.29 is 29.3 Å². The Kier molecular flexibility index (Phi) is 4.74. The summed E-state index contributed by atoms with van der Waals surface area (Å²) in [7, 11) is 0. The van der Waals surface area contributed by atoms with Crippen LogP contribution in [0.1, 0.15) is 32.4 Å². The third-order valence-electron chi connectivity index (χ3n) is 4.82. The number of benzene rings is 3. The molecule has 0 aromatic heterocycles. The van der Waals surface area contributed by atoms with Gasteiger partial charge in [-0.25, -0.2) is 4.79 Å². The molecule has 7 nitrogen and oxygen atoms in total. The van der Waals surface area contributed by atoms with Gasteiger partial charge in [0.2, 0.25) is 0 Å². The zero-order valence-corrected chi connectivity index (χ0v) is 15.2. The van der Waals surface area contributed by atoms with Crippen molar-refractivity contribution in [1.82, 2.24) is 4.90 Å². The van der Waals surface area contributed by atoms with Crippen molar-refractivity contribution in [3.8, 4) is 5.75 Å². The van der Waals surface area contributed by atoms with Crippen LogP contribution in [0.3, 0.4) is 0 Å². The number of hydrogen-bond acceptors (Lipinski definition) is 6. The number of carbonyl (C=O) groups is 3. The van der Waals surface area contributed by atoms with Gasteiger partial charge in [0, 0.05) is 0 Å². The number of nitrogens with zero attached hydrogens (tertiary/aromatic N) is 1. The smallest absolute Gasteiger partial charge is 0.339 e. The zero-order valence-electron chi connectivity index (χ0n) is 15.2. The number of hydrogen-bond donors (Lipinski definition) is 2. The molecule has 146 valence electrons. The average molecular weight is 391 g/mol. The van der Waals surface area contributed by atoms with Crippen LogP contribution in [0.4, 0.5) is 0 Å². The minimum absolute atomic E-state index is 0.0954. The Morgan fingerprint density at radius 2 is 1.55 bits per heavy atom. The van der Waals surface area contributed by atoms with E-state index in [0.717, 1.165) is 15.7 Å². The molecule has 2 amide bonds. The van der Waals surface area contributed by atoms with Crippen LogP contribution in [0.5, 0.6) is 5.75 Å². The van der Waals surface area contributed by atoms with Crippen LogP contribution in [0, 0.1) is 0 Å². The van der Waals surface area contributed by atoms with E-state index in [1.807, 2.05) is 0 Å². The Morgan fingerprint density at radius 1 is 0.931 bits per heavy atom. The second-order valence-electron chi connectivity index (χ2n) is 6.67. The molecule has 1 unspecified atom stereocenters. The van der Waals surface area contributed by atoms with Crippen molar-refractivity contribution >= 4 is 28.6 Å². The molecular weight excluding hydrogens is 374 g/mol. The molecule has 1 heterocycles. The first-order valence-electron chi connectivity index (χ1n) is 8.98. The molecule has 0 spiro atoms. The summed E-state index contributed by atoms with van der Waals surface area (Å²) in [6, 6.07) is 16.1. The normalized spacial score (nSPS) is 14.2. The maximum absolute atomic E-state index is 12.3. The Hall–Kier alpha value is -3.71. The first kappa shape index (κ1) is 18.6. The van der Waals surface area contributed by atoms with Gasteiger partial charge < -0.3 is 14.9 Å². The summed E-state index contributed by atoms with van der Waals surface area (Å²) in [5.74, 6) is -1.61. The molecule has 29 heavy (non-hydrogen) atoms. The molecule has 3 aromatic carbocycles.